The molecule has 2 rings (SSSR count). The first kappa shape index (κ1) is 21.6. The molecule has 1 amide bonds. The molecule has 0 aromatic heterocycles. The minimum absolute atomic E-state index is 0.0624. The summed E-state index contributed by atoms with van der Waals surface area (Å²) in [5.74, 6) is 0.0309. The molecule has 0 radical (unpaired) electrons. The lowest BCUT2D eigenvalue weighted by Gasteiger charge is -2.11. The molecule has 8 nitrogen and oxygen atoms in total. The van der Waals surface area contributed by atoms with Crippen LogP contribution >= 0.6 is 0 Å². The number of nitrogens with zero attached hydrogens (tertiary/aromatic N) is 1. The van der Waals surface area contributed by atoms with Gasteiger partial charge in [0, 0.05) is 17.8 Å². The van der Waals surface area contributed by atoms with E-state index in [1.807, 2.05) is 6.92 Å². The smallest absolute Gasteiger partial charge is 0.269 e. The maximum absolute atomic E-state index is 12.5. The first-order chi connectivity index (χ1) is 13.8. The van der Waals surface area contributed by atoms with Gasteiger partial charge in [-0.2, -0.15) is 0 Å². The van der Waals surface area contributed by atoms with Gasteiger partial charge < -0.3 is 14.8 Å². The van der Waals surface area contributed by atoms with Gasteiger partial charge in [-0.05, 0) is 49.2 Å². The van der Waals surface area contributed by atoms with Crippen LogP contribution in [0.1, 0.15) is 25.8 Å². The number of carbonyl (C=O) groups excluding carboxylic acids is 2. The largest absolute Gasteiger partial charge is 0.493 e. The molecule has 8 heteroatoms. The van der Waals surface area contributed by atoms with E-state index in [2.05, 4.69) is 5.32 Å². The number of hydrogen-bond acceptors (Lipinski definition) is 6. The van der Waals surface area contributed by atoms with Gasteiger partial charge in [0.15, 0.2) is 17.3 Å². The first-order valence-corrected chi connectivity index (χ1v) is 8.95. The third kappa shape index (κ3) is 5.90. The Kier molecular flexibility index (Phi) is 7.47. The molecule has 0 spiro atoms. The summed E-state index contributed by atoms with van der Waals surface area (Å²) in [7, 11) is 1.51. The van der Waals surface area contributed by atoms with Gasteiger partial charge in [0.1, 0.15) is 0 Å². The monoisotopic (exact) mass is 398 g/mol. The number of ketones is 1. The van der Waals surface area contributed by atoms with E-state index in [0.29, 0.717) is 29.4 Å². The number of carbonyl (C=O) groups is 2. The number of non-ortho nitro benzene ring substituents is 1. The van der Waals surface area contributed by atoms with E-state index in [1.54, 1.807) is 18.2 Å². The third-order valence-electron chi connectivity index (χ3n) is 3.92. The maximum Gasteiger partial charge on any atom is 0.269 e. The number of rotatable bonds is 9. The number of methoxy groups -OCH3 is 1. The standard InChI is InChI=1S/C21H22N2O6/c1-4-11-29-19-10-5-15(13-20(19)28-3)12-18(14(2)24)21(25)22-16-6-8-17(9-7-16)23(26)27/h5-10,12-13H,4,11H2,1-3H3,(H,22,25)/b18-12+. The van der Waals surface area contributed by atoms with Gasteiger partial charge in [-0.1, -0.05) is 13.0 Å². The molecule has 0 bridgehead atoms. The molecule has 0 unspecified atom stereocenters. The number of hydrogen-bond donors (Lipinski definition) is 1. The van der Waals surface area contributed by atoms with Crippen LogP contribution in [0, 0.1) is 10.1 Å². The molecule has 0 fully saturated rings. The van der Waals surface area contributed by atoms with Crippen molar-refractivity contribution in [1.82, 2.24) is 0 Å². The normalized spacial score (nSPS) is 10.9. The second kappa shape index (κ2) is 10.0. The topological polar surface area (TPSA) is 108 Å². The third-order valence-corrected chi connectivity index (χ3v) is 3.92. The summed E-state index contributed by atoms with van der Waals surface area (Å²) in [6, 6.07) is 10.4. The van der Waals surface area contributed by atoms with E-state index < -0.39 is 16.6 Å². The van der Waals surface area contributed by atoms with Gasteiger partial charge in [-0.25, -0.2) is 0 Å². The molecule has 2 aromatic carbocycles. The SMILES string of the molecule is CCCOc1ccc(/C=C(\C(C)=O)C(=O)Nc2ccc([N+](=O)[O-])cc2)cc1OC. The molecule has 29 heavy (non-hydrogen) atoms. The highest BCUT2D eigenvalue weighted by atomic mass is 16.6. The quantitative estimate of drug-likeness (QED) is 0.225. The van der Waals surface area contributed by atoms with Crippen molar-refractivity contribution < 1.29 is 24.0 Å². The summed E-state index contributed by atoms with van der Waals surface area (Å²) in [6.45, 7) is 3.82. The van der Waals surface area contributed by atoms with E-state index in [4.69, 9.17) is 9.47 Å². The predicted octanol–water partition coefficient (Wildman–Crippen LogP) is 4.00. The van der Waals surface area contributed by atoms with Crippen LogP contribution in [-0.4, -0.2) is 30.3 Å². The minimum Gasteiger partial charge on any atom is -0.493 e. The average molecular weight is 398 g/mol. The molecule has 152 valence electrons. The summed E-state index contributed by atoms with van der Waals surface area (Å²) in [5, 5.41) is 13.3. The zero-order valence-corrected chi connectivity index (χ0v) is 16.4. The van der Waals surface area contributed by atoms with Crippen LogP contribution in [0.2, 0.25) is 0 Å². The van der Waals surface area contributed by atoms with Crippen molar-refractivity contribution in [2.45, 2.75) is 20.3 Å². The number of ether oxygens (including phenoxy) is 2. The van der Waals surface area contributed by atoms with Crippen molar-refractivity contribution in [3.8, 4) is 11.5 Å². The lowest BCUT2D eigenvalue weighted by molar-refractivity contribution is -0.384. The lowest BCUT2D eigenvalue weighted by Crippen LogP contribution is -2.18. The Bertz CT molecular complexity index is 935. The number of Topliss-reactive ketones (excluding diaryl/α,β-unsaturated/α-hetero) is 1. The van der Waals surface area contributed by atoms with Gasteiger partial charge in [0.05, 0.1) is 24.2 Å². The van der Waals surface area contributed by atoms with E-state index in [0.717, 1.165) is 6.42 Å². The van der Waals surface area contributed by atoms with Gasteiger partial charge in [-0.15, -0.1) is 0 Å². The van der Waals surface area contributed by atoms with Crippen molar-refractivity contribution in [3.63, 3.8) is 0 Å². The fourth-order valence-electron chi connectivity index (χ4n) is 2.46. The van der Waals surface area contributed by atoms with Crippen LogP contribution in [-0.2, 0) is 9.59 Å². The van der Waals surface area contributed by atoms with Gasteiger partial charge >= 0.3 is 0 Å². The van der Waals surface area contributed by atoms with Crippen LogP contribution in [0.4, 0.5) is 11.4 Å². The number of nitrogens with one attached hydrogen (secondary N) is 1. The van der Waals surface area contributed by atoms with Gasteiger partial charge in [0.2, 0.25) is 0 Å². The van der Waals surface area contributed by atoms with E-state index in [9.17, 15) is 19.7 Å². The molecule has 0 heterocycles. The highest BCUT2D eigenvalue weighted by Gasteiger charge is 2.16. The second-order valence-corrected chi connectivity index (χ2v) is 6.13. The molecule has 0 aliphatic heterocycles. The summed E-state index contributed by atoms with van der Waals surface area (Å²) < 4.78 is 10.9. The summed E-state index contributed by atoms with van der Waals surface area (Å²) in [6.07, 6.45) is 2.30. The van der Waals surface area contributed by atoms with Crippen molar-refractivity contribution in [3.05, 3.63) is 63.7 Å². The molecule has 0 aliphatic rings. The minimum atomic E-state index is -0.614. The van der Waals surface area contributed by atoms with E-state index >= 15 is 0 Å². The summed E-state index contributed by atoms with van der Waals surface area (Å²) in [4.78, 5) is 34.7. The maximum atomic E-state index is 12.5. The molecule has 0 saturated carbocycles. The molecule has 0 saturated heterocycles. The van der Waals surface area contributed by atoms with Crippen molar-refractivity contribution in [1.29, 1.82) is 0 Å². The highest BCUT2D eigenvalue weighted by molar-refractivity contribution is 6.25. The Balaban J connectivity index is 2.25. The Morgan fingerprint density at radius 2 is 1.83 bits per heavy atom. The van der Waals surface area contributed by atoms with Crippen molar-refractivity contribution in [2.24, 2.45) is 0 Å². The Hall–Kier alpha value is -3.68. The van der Waals surface area contributed by atoms with E-state index in [1.165, 1.54) is 44.4 Å². The fourth-order valence-corrected chi connectivity index (χ4v) is 2.46. The summed E-state index contributed by atoms with van der Waals surface area (Å²) >= 11 is 0. The molecular formula is C21H22N2O6. The molecular weight excluding hydrogens is 376 g/mol. The lowest BCUT2D eigenvalue weighted by atomic mass is 10.1. The van der Waals surface area contributed by atoms with Gasteiger partial charge in [0.25, 0.3) is 11.6 Å². The van der Waals surface area contributed by atoms with Crippen LogP contribution in [0.5, 0.6) is 11.5 Å². The molecule has 0 atom stereocenters. The second-order valence-electron chi connectivity index (χ2n) is 6.13. The fraction of sp³-hybridized carbons (Fsp3) is 0.238. The van der Waals surface area contributed by atoms with Crippen LogP contribution in [0.25, 0.3) is 6.08 Å². The zero-order chi connectivity index (χ0) is 21.4. The van der Waals surface area contributed by atoms with Crippen LogP contribution in [0.15, 0.2) is 48.0 Å². The predicted molar refractivity (Wildman–Crippen MR) is 109 cm³/mol. The Morgan fingerprint density at radius 3 is 2.38 bits per heavy atom. The van der Waals surface area contributed by atoms with Crippen LogP contribution in [0.3, 0.4) is 0 Å². The number of amides is 1. The summed E-state index contributed by atoms with van der Waals surface area (Å²) in [5.41, 5.74) is 0.777. The number of benzene rings is 2. The first-order valence-electron chi connectivity index (χ1n) is 8.95. The van der Waals surface area contributed by atoms with Crippen molar-refractivity contribution >= 4 is 29.1 Å². The molecule has 0 aliphatic carbocycles. The van der Waals surface area contributed by atoms with Crippen molar-refractivity contribution in [2.75, 3.05) is 19.0 Å². The van der Waals surface area contributed by atoms with Crippen LogP contribution < -0.4 is 14.8 Å². The highest BCUT2D eigenvalue weighted by Crippen LogP contribution is 2.29. The molecule has 2 aromatic rings. The Labute approximate surface area is 168 Å². The number of nitro benzene ring substituents is 1. The number of anilines is 1. The average Bonchev–Trinajstić information content (AvgIpc) is 2.70. The van der Waals surface area contributed by atoms with E-state index in [-0.39, 0.29) is 11.3 Å². The Morgan fingerprint density at radius 1 is 1.14 bits per heavy atom. The number of nitro groups is 1. The molecule has 1 N–H and O–H groups in total. The zero-order valence-electron chi connectivity index (χ0n) is 16.4. The van der Waals surface area contributed by atoms with Gasteiger partial charge in [-0.3, -0.25) is 19.7 Å².